The van der Waals surface area contributed by atoms with E-state index >= 15 is 0 Å². The zero-order valence-corrected chi connectivity index (χ0v) is 15.5. The van der Waals surface area contributed by atoms with Crippen molar-refractivity contribution in [3.8, 4) is 0 Å². The third kappa shape index (κ3) is 3.83. The number of carbonyl (C=O) groups excluding carboxylic acids is 1. The molecule has 4 rings (SSSR count). The minimum atomic E-state index is -0.151. The fraction of sp³-hybridized carbons (Fsp3) is 0.400. The number of piperidine rings is 1. The average Bonchev–Trinajstić information content (AvgIpc) is 3.19. The molecule has 1 unspecified atom stereocenters. The molecule has 1 N–H and O–H groups in total. The summed E-state index contributed by atoms with van der Waals surface area (Å²) in [5.74, 6) is 0.618. The van der Waals surface area contributed by atoms with Crippen LogP contribution in [0.2, 0.25) is 0 Å². The van der Waals surface area contributed by atoms with Crippen LogP contribution in [0.25, 0.3) is 5.65 Å². The van der Waals surface area contributed by atoms with Crippen molar-refractivity contribution in [2.24, 2.45) is 5.92 Å². The Balaban J connectivity index is 1.51. The molecule has 0 spiro atoms. The highest BCUT2D eigenvalue weighted by Crippen LogP contribution is 2.26. The molecule has 2 aromatic heterocycles. The number of hydrogen-bond donors (Lipinski definition) is 1. The van der Waals surface area contributed by atoms with Crippen LogP contribution in [-0.4, -0.2) is 50.5 Å². The van der Waals surface area contributed by atoms with Gasteiger partial charge in [-0.1, -0.05) is 37.3 Å². The second-order valence-electron chi connectivity index (χ2n) is 7.22. The van der Waals surface area contributed by atoms with E-state index in [0.717, 1.165) is 19.0 Å². The van der Waals surface area contributed by atoms with E-state index in [4.69, 9.17) is 0 Å². The summed E-state index contributed by atoms with van der Waals surface area (Å²) in [6.45, 7) is 4.98. The van der Waals surface area contributed by atoms with E-state index in [9.17, 15) is 4.79 Å². The number of tetrazole rings is 1. The Bertz CT molecular complexity index is 901. The van der Waals surface area contributed by atoms with Crippen LogP contribution in [0, 0.1) is 5.92 Å². The molecular formula is C20H24N6O. The van der Waals surface area contributed by atoms with E-state index in [-0.39, 0.29) is 11.9 Å². The van der Waals surface area contributed by atoms with Gasteiger partial charge in [0.15, 0.2) is 5.65 Å². The first kappa shape index (κ1) is 17.6. The average molecular weight is 364 g/mol. The quantitative estimate of drug-likeness (QED) is 0.752. The molecule has 3 aromatic rings. The van der Waals surface area contributed by atoms with Gasteiger partial charge in [0.1, 0.15) is 0 Å². The molecule has 0 bridgehead atoms. The fourth-order valence-electron chi connectivity index (χ4n) is 3.70. The third-order valence-electron chi connectivity index (χ3n) is 5.37. The first-order valence-corrected chi connectivity index (χ1v) is 9.46. The lowest BCUT2D eigenvalue weighted by Gasteiger charge is -2.37. The lowest BCUT2D eigenvalue weighted by atomic mass is 9.95. The fourth-order valence-corrected chi connectivity index (χ4v) is 3.70. The molecule has 1 fully saturated rings. The minimum absolute atomic E-state index is 0.151. The lowest BCUT2D eigenvalue weighted by molar-refractivity contribution is 0.0914. The van der Waals surface area contributed by atoms with Gasteiger partial charge in [-0.15, -0.1) is 5.10 Å². The van der Waals surface area contributed by atoms with Gasteiger partial charge in [-0.05, 0) is 60.0 Å². The summed E-state index contributed by atoms with van der Waals surface area (Å²) in [5, 5.41) is 14.5. The van der Waals surface area contributed by atoms with Crippen molar-refractivity contribution >= 4 is 11.6 Å². The van der Waals surface area contributed by atoms with Gasteiger partial charge in [0.2, 0.25) is 0 Å². The Kier molecular flexibility index (Phi) is 5.11. The summed E-state index contributed by atoms with van der Waals surface area (Å²) in [7, 11) is 0. The highest BCUT2D eigenvalue weighted by Gasteiger charge is 2.25. The smallest absolute Gasteiger partial charge is 0.255 e. The number of benzene rings is 1. The van der Waals surface area contributed by atoms with Crippen molar-refractivity contribution in [3.05, 3.63) is 59.8 Å². The van der Waals surface area contributed by atoms with Gasteiger partial charge in [0, 0.05) is 12.7 Å². The van der Waals surface area contributed by atoms with Crippen LogP contribution in [-0.2, 0) is 0 Å². The predicted molar refractivity (Wildman–Crippen MR) is 102 cm³/mol. The van der Waals surface area contributed by atoms with Gasteiger partial charge in [0.25, 0.3) is 5.91 Å². The first-order valence-electron chi connectivity index (χ1n) is 9.46. The molecule has 140 valence electrons. The van der Waals surface area contributed by atoms with Crippen molar-refractivity contribution in [3.63, 3.8) is 0 Å². The highest BCUT2D eigenvalue weighted by molar-refractivity contribution is 5.99. The SMILES string of the molecule is CC1CCN(C(CNC(=O)c2cccn3nnnc23)c2ccccc2)CC1. The van der Waals surface area contributed by atoms with Gasteiger partial charge >= 0.3 is 0 Å². The van der Waals surface area contributed by atoms with Crippen molar-refractivity contribution in [2.45, 2.75) is 25.8 Å². The molecule has 1 saturated heterocycles. The number of nitrogens with one attached hydrogen (secondary N) is 1. The van der Waals surface area contributed by atoms with Gasteiger partial charge in [-0.3, -0.25) is 9.69 Å². The van der Waals surface area contributed by atoms with E-state index in [1.54, 1.807) is 18.3 Å². The maximum absolute atomic E-state index is 12.8. The summed E-state index contributed by atoms with van der Waals surface area (Å²) in [6.07, 6.45) is 4.12. The Morgan fingerprint density at radius 2 is 1.96 bits per heavy atom. The summed E-state index contributed by atoms with van der Waals surface area (Å²) in [4.78, 5) is 15.3. The highest BCUT2D eigenvalue weighted by atomic mass is 16.1. The summed E-state index contributed by atoms with van der Waals surface area (Å²) in [5.41, 5.74) is 2.19. The van der Waals surface area contributed by atoms with Gasteiger partial charge in [-0.2, -0.15) is 4.52 Å². The van der Waals surface area contributed by atoms with Crippen LogP contribution < -0.4 is 5.32 Å². The van der Waals surface area contributed by atoms with Crippen LogP contribution >= 0.6 is 0 Å². The van der Waals surface area contributed by atoms with E-state index < -0.39 is 0 Å². The van der Waals surface area contributed by atoms with Crippen LogP contribution in [0.1, 0.15) is 41.7 Å². The van der Waals surface area contributed by atoms with Crippen molar-refractivity contribution in [1.82, 2.24) is 30.3 Å². The Morgan fingerprint density at radius 3 is 2.74 bits per heavy atom. The predicted octanol–water partition coefficient (Wildman–Crippen LogP) is 2.33. The van der Waals surface area contributed by atoms with Gasteiger partial charge in [-0.25, -0.2) is 0 Å². The van der Waals surface area contributed by atoms with Crippen molar-refractivity contribution in [1.29, 1.82) is 0 Å². The molecule has 1 aliphatic heterocycles. The number of amides is 1. The van der Waals surface area contributed by atoms with E-state index in [1.807, 2.05) is 6.07 Å². The Hall–Kier alpha value is -2.80. The van der Waals surface area contributed by atoms with Crippen LogP contribution in [0.15, 0.2) is 48.7 Å². The Morgan fingerprint density at radius 1 is 1.19 bits per heavy atom. The molecule has 1 aromatic carbocycles. The lowest BCUT2D eigenvalue weighted by Crippen LogP contribution is -2.42. The van der Waals surface area contributed by atoms with E-state index in [1.165, 1.54) is 22.9 Å². The number of rotatable bonds is 5. The number of pyridine rings is 1. The number of hydrogen-bond acceptors (Lipinski definition) is 5. The zero-order valence-electron chi connectivity index (χ0n) is 15.5. The van der Waals surface area contributed by atoms with Crippen molar-refractivity contribution < 1.29 is 4.79 Å². The minimum Gasteiger partial charge on any atom is -0.350 e. The molecule has 1 aliphatic rings. The Labute approximate surface area is 158 Å². The first-order chi connectivity index (χ1) is 13.2. The monoisotopic (exact) mass is 364 g/mol. The summed E-state index contributed by atoms with van der Waals surface area (Å²) < 4.78 is 1.51. The second kappa shape index (κ2) is 7.84. The summed E-state index contributed by atoms with van der Waals surface area (Å²) in [6, 6.07) is 14.1. The molecule has 7 nitrogen and oxygen atoms in total. The number of fused-ring (bicyclic) bond motifs is 1. The number of carbonyl (C=O) groups is 1. The molecule has 7 heteroatoms. The summed E-state index contributed by atoms with van der Waals surface area (Å²) >= 11 is 0. The van der Waals surface area contributed by atoms with Crippen LogP contribution in [0.5, 0.6) is 0 Å². The molecule has 0 radical (unpaired) electrons. The molecule has 3 heterocycles. The molecule has 27 heavy (non-hydrogen) atoms. The largest absolute Gasteiger partial charge is 0.350 e. The van der Waals surface area contributed by atoms with E-state index in [2.05, 4.69) is 56.9 Å². The maximum atomic E-state index is 12.8. The topological polar surface area (TPSA) is 75.4 Å². The molecular weight excluding hydrogens is 340 g/mol. The molecule has 1 amide bonds. The standard InChI is InChI=1S/C20H24N6O/c1-15-9-12-25(13-10-15)18(16-6-3-2-4-7-16)14-21-20(27)17-8-5-11-26-19(17)22-23-24-26/h2-8,11,15,18H,9-10,12-14H2,1H3,(H,21,27). The molecule has 0 aliphatic carbocycles. The number of nitrogens with zero attached hydrogens (tertiary/aromatic N) is 5. The number of aromatic nitrogens is 4. The molecule has 0 saturated carbocycles. The van der Waals surface area contributed by atoms with Gasteiger partial charge in [0.05, 0.1) is 11.6 Å². The molecule has 1 atom stereocenters. The number of likely N-dealkylation sites (tertiary alicyclic amines) is 1. The normalized spacial score (nSPS) is 17.1. The maximum Gasteiger partial charge on any atom is 0.255 e. The van der Waals surface area contributed by atoms with Crippen LogP contribution in [0.3, 0.4) is 0 Å². The third-order valence-corrected chi connectivity index (χ3v) is 5.37. The van der Waals surface area contributed by atoms with Crippen molar-refractivity contribution in [2.75, 3.05) is 19.6 Å². The van der Waals surface area contributed by atoms with E-state index in [0.29, 0.717) is 17.8 Å². The zero-order chi connectivity index (χ0) is 18.6. The van der Waals surface area contributed by atoms with Gasteiger partial charge < -0.3 is 5.32 Å². The van der Waals surface area contributed by atoms with Crippen LogP contribution in [0.4, 0.5) is 0 Å². The second-order valence-corrected chi connectivity index (χ2v) is 7.22.